The van der Waals surface area contributed by atoms with Crippen molar-refractivity contribution in [1.29, 1.82) is 0 Å². The molecule has 1 aromatic carbocycles. The van der Waals surface area contributed by atoms with E-state index in [1.54, 1.807) is 44.6 Å². The van der Waals surface area contributed by atoms with Gasteiger partial charge in [-0.15, -0.1) is 10.2 Å². The molecule has 0 saturated carbocycles. The molecule has 4 aromatic heterocycles. The number of benzene rings is 1. The Kier molecular flexibility index (Phi) is 5.12. The molecule has 0 spiro atoms. The van der Waals surface area contributed by atoms with E-state index >= 15 is 8.78 Å². The summed E-state index contributed by atoms with van der Waals surface area (Å²) in [4.78, 5) is 8.41. The summed E-state index contributed by atoms with van der Waals surface area (Å²) in [5.41, 5.74) is 2.92. The summed E-state index contributed by atoms with van der Waals surface area (Å²) in [6.07, 6.45) is 7.96. The van der Waals surface area contributed by atoms with Gasteiger partial charge in [-0.1, -0.05) is 6.07 Å². The highest BCUT2D eigenvalue weighted by Gasteiger charge is 2.40. The van der Waals surface area contributed by atoms with E-state index in [-0.39, 0.29) is 11.2 Å². The van der Waals surface area contributed by atoms with Crippen molar-refractivity contribution >= 4 is 22.8 Å². The second kappa shape index (κ2) is 8.12. The summed E-state index contributed by atoms with van der Waals surface area (Å²) in [5, 5.41) is 16.7. The standard InChI is InChI=1S/C23H20F2N8/c1-15-4-7-21-29-30-22(33(21)31-15)23(24,25)19-5-6-20-16(11-19)10-17(12-27-20)18-13-28-32(14-18)9-3-8-26-2/h4-8,10-14H,3,9H2,1-2H3. The minimum atomic E-state index is -3.39. The van der Waals surface area contributed by atoms with Gasteiger partial charge in [0.15, 0.2) is 5.65 Å². The third-order valence-electron chi connectivity index (χ3n) is 5.36. The lowest BCUT2D eigenvalue weighted by Crippen LogP contribution is -2.20. The molecule has 0 atom stereocenters. The highest BCUT2D eigenvalue weighted by atomic mass is 19.3. The Balaban J connectivity index is 1.51. The van der Waals surface area contributed by atoms with Crippen LogP contribution in [-0.4, -0.2) is 47.8 Å². The molecular formula is C23H20F2N8. The zero-order valence-corrected chi connectivity index (χ0v) is 18.0. The maximum atomic E-state index is 15.5. The van der Waals surface area contributed by atoms with Gasteiger partial charge < -0.3 is 4.99 Å². The van der Waals surface area contributed by atoms with Crippen molar-refractivity contribution in [1.82, 2.24) is 34.6 Å². The van der Waals surface area contributed by atoms with Crippen LogP contribution in [-0.2, 0) is 12.5 Å². The highest BCUT2D eigenvalue weighted by Crippen LogP contribution is 2.36. The lowest BCUT2D eigenvalue weighted by molar-refractivity contribution is 0.0307. The van der Waals surface area contributed by atoms with Crippen LogP contribution in [0.1, 0.15) is 23.5 Å². The molecular weight excluding hydrogens is 426 g/mol. The van der Waals surface area contributed by atoms with E-state index in [4.69, 9.17) is 0 Å². The van der Waals surface area contributed by atoms with Gasteiger partial charge in [0.25, 0.3) is 0 Å². The quantitative estimate of drug-likeness (QED) is 0.367. The molecule has 0 aliphatic rings. The van der Waals surface area contributed by atoms with E-state index in [2.05, 4.69) is 30.4 Å². The van der Waals surface area contributed by atoms with Crippen LogP contribution in [0.25, 0.3) is 27.7 Å². The molecule has 4 heterocycles. The summed E-state index contributed by atoms with van der Waals surface area (Å²) in [6.45, 7) is 2.43. The van der Waals surface area contributed by atoms with E-state index < -0.39 is 11.7 Å². The molecule has 0 aliphatic heterocycles. The van der Waals surface area contributed by atoms with Gasteiger partial charge in [-0.3, -0.25) is 9.67 Å². The van der Waals surface area contributed by atoms with Gasteiger partial charge in [-0.05, 0) is 37.3 Å². The highest BCUT2D eigenvalue weighted by molar-refractivity contribution is 5.84. The predicted molar refractivity (Wildman–Crippen MR) is 121 cm³/mol. The Bertz CT molecular complexity index is 1480. The summed E-state index contributed by atoms with van der Waals surface area (Å²) < 4.78 is 33.9. The van der Waals surface area contributed by atoms with E-state index in [1.165, 1.54) is 12.1 Å². The number of alkyl halides is 2. The van der Waals surface area contributed by atoms with Crippen molar-refractivity contribution in [2.24, 2.45) is 4.99 Å². The van der Waals surface area contributed by atoms with Crippen LogP contribution in [0.4, 0.5) is 8.78 Å². The second-order valence-electron chi connectivity index (χ2n) is 7.70. The van der Waals surface area contributed by atoms with Crippen molar-refractivity contribution in [3.05, 3.63) is 72.1 Å². The Morgan fingerprint density at radius 2 is 1.94 bits per heavy atom. The van der Waals surface area contributed by atoms with Crippen LogP contribution in [0.3, 0.4) is 0 Å². The first kappa shape index (κ1) is 20.8. The number of fused-ring (bicyclic) bond motifs is 2. The third kappa shape index (κ3) is 3.84. The zero-order chi connectivity index (χ0) is 23.0. The topological polar surface area (TPSA) is 86.1 Å². The first-order valence-corrected chi connectivity index (χ1v) is 10.4. The molecule has 0 saturated heterocycles. The lowest BCUT2D eigenvalue weighted by Gasteiger charge is -2.15. The molecule has 0 bridgehead atoms. The van der Waals surface area contributed by atoms with E-state index in [0.29, 0.717) is 23.1 Å². The molecule has 0 amide bonds. The van der Waals surface area contributed by atoms with E-state index in [9.17, 15) is 0 Å². The molecule has 166 valence electrons. The number of aryl methyl sites for hydroxylation is 2. The molecule has 8 nitrogen and oxygen atoms in total. The molecule has 33 heavy (non-hydrogen) atoms. The molecule has 0 aliphatic carbocycles. The van der Waals surface area contributed by atoms with Crippen molar-refractivity contribution in [3.8, 4) is 11.1 Å². The largest absolute Gasteiger partial charge is 0.333 e. The molecule has 10 heteroatoms. The predicted octanol–water partition coefficient (Wildman–Crippen LogP) is 4.08. The van der Waals surface area contributed by atoms with Gasteiger partial charge in [0.05, 0.1) is 17.4 Å². The summed E-state index contributed by atoms with van der Waals surface area (Å²) in [6, 6.07) is 9.53. The summed E-state index contributed by atoms with van der Waals surface area (Å²) >= 11 is 0. The summed E-state index contributed by atoms with van der Waals surface area (Å²) in [5.74, 6) is -3.92. The van der Waals surface area contributed by atoms with Gasteiger partial charge >= 0.3 is 5.92 Å². The van der Waals surface area contributed by atoms with Crippen LogP contribution < -0.4 is 0 Å². The maximum absolute atomic E-state index is 15.5. The molecule has 5 aromatic rings. The fraction of sp³-hybridized carbons (Fsp3) is 0.217. The zero-order valence-electron chi connectivity index (χ0n) is 18.0. The van der Waals surface area contributed by atoms with Crippen LogP contribution in [0.15, 0.2) is 60.0 Å². The van der Waals surface area contributed by atoms with E-state index in [1.807, 2.05) is 23.2 Å². The number of aromatic nitrogens is 7. The van der Waals surface area contributed by atoms with Gasteiger partial charge in [0.2, 0.25) is 5.82 Å². The second-order valence-corrected chi connectivity index (χ2v) is 7.70. The first-order chi connectivity index (χ1) is 16.0. The number of aliphatic imine (C=N–C) groups is 1. The third-order valence-corrected chi connectivity index (χ3v) is 5.36. The minimum absolute atomic E-state index is 0.207. The monoisotopic (exact) mass is 446 g/mol. The van der Waals surface area contributed by atoms with Gasteiger partial charge in [0, 0.05) is 60.7 Å². The summed E-state index contributed by atoms with van der Waals surface area (Å²) in [7, 11) is 1.73. The van der Waals surface area contributed by atoms with E-state index in [0.717, 1.165) is 22.1 Å². The Morgan fingerprint density at radius 1 is 1.06 bits per heavy atom. The number of pyridine rings is 1. The van der Waals surface area contributed by atoms with Gasteiger partial charge in [0.1, 0.15) is 0 Å². The van der Waals surface area contributed by atoms with Crippen LogP contribution >= 0.6 is 0 Å². The molecule has 0 fully saturated rings. The number of halogens is 2. The SMILES string of the molecule is CN=CCCn1cc(-c2cnc3ccc(C(F)(F)c4nnc5ccc(C)nn45)cc3c2)cn1. The van der Waals surface area contributed by atoms with Crippen molar-refractivity contribution in [2.75, 3.05) is 7.05 Å². The van der Waals surface area contributed by atoms with Crippen molar-refractivity contribution < 1.29 is 8.78 Å². The van der Waals surface area contributed by atoms with Crippen LogP contribution in [0, 0.1) is 6.92 Å². The number of nitrogens with zero attached hydrogens (tertiary/aromatic N) is 8. The first-order valence-electron chi connectivity index (χ1n) is 10.4. The molecule has 5 rings (SSSR count). The van der Waals surface area contributed by atoms with Crippen molar-refractivity contribution in [3.63, 3.8) is 0 Å². The fourth-order valence-corrected chi connectivity index (χ4v) is 3.64. The van der Waals surface area contributed by atoms with Gasteiger partial charge in [-0.25, -0.2) is 0 Å². The van der Waals surface area contributed by atoms with Crippen molar-refractivity contribution in [2.45, 2.75) is 25.8 Å². The molecule has 0 unspecified atom stereocenters. The normalized spacial score (nSPS) is 12.4. The smallest absolute Gasteiger partial charge is 0.301 e. The Labute approximate surface area is 187 Å². The molecule has 0 radical (unpaired) electrons. The number of rotatable bonds is 6. The van der Waals surface area contributed by atoms with Crippen LogP contribution in [0.2, 0.25) is 0 Å². The lowest BCUT2D eigenvalue weighted by atomic mass is 10.0. The Hall–Kier alpha value is -4.08. The fourth-order valence-electron chi connectivity index (χ4n) is 3.64. The average molecular weight is 446 g/mol. The number of hydrogen-bond acceptors (Lipinski definition) is 6. The molecule has 0 N–H and O–H groups in total. The number of hydrogen-bond donors (Lipinski definition) is 0. The van der Waals surface area contributed by atoms with Gasteiger partial charge in [-0.2, -0.15) is 23.5 Å². The maximum Gasteiger partial charge on any atom is 0.333 e. The average Bonchev–Trinajstić information content (AvgIpc) is 3.46. The minimum Gasteiger partial charge on any atom is -0.301 e. The van der Waals surface area contributed by atoms with Crippen LogP contribution in [0.5, 0.6) is 0 Å². The Morgan fingerprint density at radius 3 is 2.79 bits per heavy atom.